The van der Waals surface area contributed by atoms with Crippen LogP contribution in [0, 0.1) is 17.2 Å². The van der Waals surface area contributed by atoms with Crippen molar-refractivity contribution < 1.29 is 19.1 Å². The maximum Gasteiger partial charge on any atom is 0.411 e. The number of fused-ring (bicyclic) bond motifs is 4. The van der Waals surface area contributed by atoms with Gasteiger partial charge in [-0.05, 0) is 80.7 Å². The lowest BCUT2D eigenvalue weighted by Crippen LogP contribution is -2.64. The molecule has 3 amide bonds. The highest BCUT2D eigenvalue weighted by atomic mass is 16.6. The van der Waals surface area contributed by atoms with Gasteiger partial charge in [0.25, 0.3) is 0 Å². The Bertz CT molecular complexity index is 1320. The van der Waals surface area contributed by atoms with Gasteiger partial charge in [-0.1, -0.05) is 36.4 Å². The molecule has 0 spiro atoms. The van der Waals surface area contributed by atoms with Crippen LogP contribution in [0.5, 0.6) is 0 Å². The summed E-state index contributed by atoms with van der Waals surface area (Å²) < 4.78 is 5.64. The zero-order valence-electron chi connectivity index (χ0n) is 23.1. The van der Waals surface area contributed by atoms with Gasteiger partial charge in [-0.25, -0.2) is 4.79 Å². The Kier molecular flexibility index (Phi) is 7.11. The Balaban J connectivity index is 1.26. The number of hydrogen-bond donors (Lipinski definition) is 1. The van der Waals surface area contributed by atoms with E-state index >= 15 is 0 Å². The fourth-order valence-electron chi connectivity index (χ4n) is 6.14. The second kappa shape index (κ2) is 10.4. The number of nitrogens with zero attached hydrogens (tertiary/aromatic N) is 3. The zero-order valence-corrected chi connectivity index (χ0v) is 23.1. The van der Waals surface area contributed by atoms with E-state index in [-0.39, 0.29) is 23.8 Å². The fraction of sp³-hybridized carbons (Fsp3) is 0.484. The third-order valence-corrected chi connectivity index (χ3v) is 8.12. The smallest absolute Gasteiger partial charge is 0.411 e. The van der Waals surface area contributed by atoms with Crippen LogP contribution in [0.15, 0.2) is 42.5 Å². The molecule has 2 bridgehead atoms. The number of piperidine rings is 2. The molecule has 2 aromatic rings. The van der Waals surface area contributed by atoms with Crippen LogP contribution in [-0.4, -0.2) is 53.6 Å². The second-order valence-corrected chi connectivity index (χ2v) is 12.0. The van der Waals surface area contributed by atoms with Crippen molar-refractivity contribution in [3.8, 4) is 17.2 Å². The number of likely N-dealkylation sites (N-methyl/N-ethyl adjacent to an activating group) is 1. The lowest BCUT2D eigenvalue weighted by molar-refractivity contribution is -0.135. The number of anilines is 1. The minimum absolute atomic E-state index is 0.00851. The van der Waals surface area contributed by atoms with Gasteiger partial charge in [0.15, 0.2) is 0 Å². The monoisotopic (exact) mass is 528 g/mol. The van der Waals surface area contributed by atoms with Crippen molar-refractivity contribution in [2.45, 2.75) is 83.0 Å². The molecule has 2 atom stereocenters. The van der Waals surface area contributed by atoms with Crippen LogP contribution in [-0.2, 0) is 27.2 Å². The standard InChI is InChI=1S/C31H36N4O4/c1-31(2,3)39-30(38)35-25-13-11-21(12-14-25)28(35)29(37)33-24(18-32)15-19-5-7-20(8-6-19)22-9-10-23-17-27(36)34(4)26(23)16-22/h5-10,16,21,24-25,28H,11-15,17H2,1-4H3,(H,33,37). The van der Waals surface area contributed by atoms with Crippen LogP contribution >= 0.6 is 0 Å². The van der Waals surface area contributed by atoms with Crippen molar-refractivity contribution in [3.63, 3.8) is 0 Å². The van der Waals surface area contributed by atoms with Gasteiger partial charge in [0.05, 0.1) is 12.5 Å². The van der Waals surface area contributed by atoms with Crippen LogP contribution in [0.4, 0.5) is 10.5 Å². The average molecular weight is 529 g/mol. The number of nitriles is 1. The van der Waals surface area contributed by atoms with Crippen molar-refractivity contribution >= 4 is 23.6 Å². The molecule has 1 aliphatic carbocycles. The number of hydrogen-bond acceptors (Lipinski definition) is 5. The fourth-order valence-corrected chi connectivity index (χ4v) is 6.14. The first kappa shape index (κ1) is 26.7. The summed E-state index contributed by atoms with van der Waals surface area (Å²) >= 11 is 0. The summed E-state index contributed by atoms with van der Waals surface area (Å²) in [6.45, 7) is 5.47. The minimum atomic E-state index is -0.719. The van der Waals surface area contributed by atoms with Crippen molar-refractivity contribution in [2.24, 2.45) is 5.92 Å². The van der Waals surface area contributed by atoms with Crippen LogP contribution in [0.2, 0.25) is 0 Å². The molecule has 6 rings (SSSR count). The molecule has 0 radical (unpaired) electrons. The maximum absolute atomic E-state index is 13.5. The highest BCUT2D eigenvalue weighted by molar-refractivity contribution is 6.01. The van der Waals surface area contributed by atoms with Crippen molar-refractivity contribution in [2.75, 3.05) is 11.9 Å². The molecule has 204 valence electrons. The first-order chi connectivity index (χ1) is 18.5. The first-order valence-corrected chi connectivity index (χ1v) is 13.7. The predicted molar refractivity (Wildman–Crippen MR) is 148 cm³/mol. The predicted octanol–water partition coefficient (Wildman–Crippen LogP) is 4.60. The summed E-state index contributed by atoms with van der Waals surface area (Å²) in [5.74, 6) is -0.115. The third-order valence-electron chi connectivity index (χ3n) is 8.12. The summed E-state index contributed by atoms with van der Waals surface area (Å²) in [6.07, 6.45) is 3.88. The Morgan fingerprint density at radius 1 is 1.08 bits per heavy atom. The van der Waals surface area contributed by atoms with Crippen LogP contribution in [0.25, 0.3) is 11.1 Å². The Morgan fingerprint density at radius 3 is 2.38 bits per heavy atom. The Labute approximate surface area is 229 Å². The molecule has 3 aliphatic heterocycles. The van der Waals surface area contributed by atoms with Gasteiger partial charge >= 0.3 is 6.09 Å². The van der Waals surface area contributed by atoms with E-state index in [2.05, 4.69) is 11.4 Å². The molecule has 0 aromatic heterocycles. The molecule has 2 unspecified atom stereocenters. The minimum Gasteiger partial charge on any atom is -0.444 e. The van der Waals surface area contributed by atoms with Crippen molar-refractivity contribution in [1.82, 2.24) is 10.2 Å². The molecule has 1 N–H and O–H groups in total. The van der Waals surface area contributed by atoms with E-state index in [1.165, 1.54) is 0 Å². The highest BCUT2D eigenvalue weighted by Gasteiger charge is 2.49. The molecule has 4 aliphatic rings. The maximum atomic E-state index is 13.5. The zero-order chi connectivity index (χ0) is 27.9. The van der Waals surface area contributed by atoms with Gasteiger partial charge in [0.2, 0.25) is 11.8 Å². The van der Waals surface area contributed by atoms with Crippen LogP contribution in [0.1, 0.15) is 57.6 Å². The summed E-state index contributed by atoms with van der Waals surface area (Å²) in [6, 6.07) is 14.8. The van der Waals surface area contributed by atoms with Gasteiger partial charge in [0, 0.05) is 25.2 Å². The number of benzene rings is 2. The van der Waals surface area contributed by atoms with Gasteiger partial charge in [-0.15, -0.1) is 0 Å². The lowest BCUT2D eigenvalue weighted by Gasteiger charge is -2.50. The lowest BCUT2D eigenvalue weighted by atomic mass is 9.74. The van der Waals surface area contributed by atoms with Gasteiger partial charge < -0.3 is 15.0 Å². The molecule has 1 saturated carbocycles. The normalized spacial score (nSPS) is 22.7. The number of nitrogens with one attached hydrogen (secondary N) is 1. The van der Waals surface area contributed by atoms with Gasteiger partial charge in [-0.2, -0.15) is 5.26 Å². The van der Waals surface area contributed by atoms with E-state index in [1.54, 1.807) is 16.8 Å². The van der Waals surface area contributed by atoms with Crippen LogP contribution in [0.3, 0.4) is 0 Å². The molecule has 3 fully saturated rings. The largest absolute Gasteiger partial charge is 0.444 e. The summed E-state index contributed by atoms with van der Waals surface area (Å²) in [7, 11) is 1.79. The summed E-state index contributed by atoms with van der Waals surface area (Å²) in [5.41, 5.74) is 4.27. The third kappa shape index (κ3) is 5.49. The average Bonchev–Trinajstić information content (AvgIpc) is 3.20. The van der Waals surface area contributed by atoms with E-state index in [1.807, 2.05) is 63.2 Å². The summed E-state index contributed by atoms with van der Waals surface area (Å²) in [5, 5.41) is 12.8. The molecular weight excluding hydrogens is 492 g/mol. The number of carbonyl (C=O) groups excluding carboxylic acids is 3. The molecule has 8 nitrogen and oxygen atoms in total. The number of amides is 3. The van der Waals surface area contributed by atoms with Gasteiger partial charge in [0.1, 0.15) is 17.7 Å². The van der Waals surface area contributed by atoms with Gasteiger partial charge in [-0.3, -0.25) is 14.5 Å². The van der Waals surface area contributed by atoms with E-state index in [4.69, 9.17) is 4.74 Å². The molecule has 8 heteroatoms. The highest BCUT2D eigenvalue weighted by Crippen LogP contribution is 2.40. The van der Waals surface area contributed by atoms with E-state index in [0.29, 0.717) is 12.8 Å². The van der Waals surface area contributed by atoms with Crippen molar-refractivity contribution in [3.05, 3.63) is 53.6 Å². The number of ether oxygens (including phenoxy) is 1. The molecule has 2 saturated heterocycles. The Morgan fingerprint density at radius 2 is 1.74 bits per heavy atom. The second-order valence-electron chi connectivity index (χ2n) is 12.0. The first-order valence-electron chi connectivity index (χ1n) is 13.7. The molecular formula is C31H36N4O4. The molecule has 39 heavy (non-hydrogen) atoms. The van der Waals surface area contributed by atoms with E-state index in [0.717, 1.165) is 53.6 Å². The topological polar surface area (TPSA) is 103 Å². The van der Waals surface area contributed by atoms with E-state index in [9.17, 15) is 19.6 Å². The Hall–Kier alpha value is -3.86. The number of rotatable bonds is 5. The van der Waals surface area contributed by atoms with Crippen molar-refractivity contribution in [1.29, 1.82) is 5.26 Å². The molecule has 3 heterocycles. The quantitative estimate of drug-likeness (QED) is 0.611. The molecule has 2 aromatic carbocycles. The number of carbonyl (C=O) groups is 3. The van der Waals surface area contributed by atoms with E-state index < -0.39 is 23.8 Å². The SMILES string of the molecule is CN1C(=O)Cc2ccc(-c3ccc(CC(C#N)NC(=O)C4C5CCC(CC5)N4C(=O)OC(C)(C)C)cc3)cc21. The van der Waals surface area contributed by atoms with Crippen LogP contribution < -0.4 is 10.2 Å². The summed E-state index contributed by atoms with van der Waals surface area (Å²) in [4.78, 5) is 41.9.